The van der Waals surface area contributed by atoms with Gasteiger partial charge in [-0.25, -0.2) is 0 Å². The van der Waals surface area contributed by atoms with E-state index in [2.05, 4.69) is 31.4 Å². The van der Waals surface area contributed by atoms with Crippen LogP contribution in [0.5, 0.6) is 0 Å². The summed E-state index contributed by atoms with van der Waals surface area (Å²) >= 11 is 0. The Morgan fingerprint density at radius 2 is 1.82 bits per heavy atom. The molecular weight excluding hydrogens is 212 g/mol. The average Bonchev–Trinajstić information content (AvgIpc) is 2.24. The van der Waals surface area contributed by atoms with E-state index in [4.69, 9.17) is 0 Å². The van der Waals surface area contributed by atoms with Gasteiger partial charge in [0.15, 0.2) is 0 Å². The predicted octanol–water partition coefficient (Wildman–Crippen LogP) is 2.25. The fourth-order valence-corrected chi connectivity index (χ4v) is 1.59. The summed E-state index contributed by atoms with van der Waals surface area (Å²) in [6.45, 7) is 8.62. The molecule has 1 amide bonds. The van der Waals surface area contributed by atoms with Gasteiger partial charge < -0.3 is 10.6 Å². The Balaban J connectivity index is 2.71. The van der Waals surface area contributed by atoms with Crippen molar-refractivity contribution in [1.82, 2.24) is 10.6 Å². The fraction of sp³-hybridized carbons (Fsp3) is 0.500. The van der Waals surface area contributed by atoms with Crippen LogP contribution in [0.25, 0.3) is 0 Å². The molecule has 0 spiro atoms. The quantitative estimate of drug-likeness (QED) is 0.839. The number of rotatable bonds is 4. The third-order valence-electron chi connectivity index (χ3n) is 2.42. The van der Waals surface area contributed by atoms with Gasteiger partial charge in [-0.1, -0.05) is 30.3 Å². The molecule has 94 valence electrons. The lowest BCUT2D eigenvalue weighted by Gasteiger charge is -2.26. The van der Waals surface area contributed by atoms with E-state index in [1.165, 1.54) is 0 Å². The molecule has 1 aromatic carbocycles. The van der Waals surface area contributed by atoms with Gasteiger partial charge in [0.05, 0.1) is 6.04 Å². The Morgan fingerprint density at radius 3 is 2.29 bits per heavy atom. The van der Waals surface area contributed by atoms with E-state index in [1.807, 2.05) is 30.3 Å². The molecule has 0 aliphatic heterocycles. The summed E-state index contributed by atoms with van der Waals surface area (Å²) in [6, 6.07) is 10.0. The first-order chi connectivity index (χ1) is 7.88. The molecule has 0 heterocycles. The molecule has 1 rings (SSSR count). The molecule has 0 aliphatic carbocycles. The lowest BCUT2D eigenvalue weighted by Crippen LogP contribution is -2.42. The van der Waals surface area contributed by atoms with Gasteiger partial charge in [-0.3, -0.25) is 4.79 Å². The summed E-state index contributed by atoms with van der Waals surface area (Å²) in [6.07, 6.45) is 0. The summed E-state index contributed by atoms with van der Waals surface area (Å²) < 4.78 is 0. The number of hydrogen-bond acceptors (Lipinski definition) is 2. The largest absolute Gasteiger partial charge is 0.348 e. The fourth-order valence-electron chi connectivity index (χ4n) is 1.59. The number of carbonyl (C=O) groups excluding carboxylic acids is 1. The minimum absolute atomic E-state index is 0.00503. The van der Waals surface area contributed by atoms with Crippen LogP contribution in [-0.4, -0.2) is 18.0 Å². The van der Waals surface area contributed by atoms with E-state index >= 15 is 0 Å². The number of carbonyl (C=O) groups is 1. The summed E-state index contributed by atoms with van der Waals surface area (Å²) in [5.74, 6) is -0.00503. The van der Waals surface area contributed by atoms with Gasteiger partial charge in [-0.2, -0.15) is 0 Å². The van der Waals surface area contributed by atoms with E-state index in [1.54, 1.807) is 6.92 Å². The normalized spacial score (nSPS) is 13.2. The number of nitrogens with one attached hydrogen (secondary N) is 2. The third-order valence-corrected chi connectivity index (χ3v) is 2.42. The molecule has 1 aromatic rings. The summed E-state index contributed by atoms with van der Waals surface area (Å²) in [5, 5.41) is 6.38. The number of hydrogen-bond donors (Lipinski definition) is 2. The molecule has 3 nitrogen and oxygen atoms in total. The second-order valence-corrected chi connectivity index (χ2v) is 5.29. The SMILES string of the molecule is CC(=O)NC(CNC(C)(C)C)c1ccccc1. The molecule has 0 aromatic heterocycles. The molecular formula is C14H22N2O. The zero-order valence-electron chi connectivity index (χ0n) is 11.1. The molecule has 0 saturated heterocycles. The van der Waals surface area contributed by atoms with Crippen molar-refractivity contribution < 1.29 is 4.79 Å². The van der Waals surface area contributed by atoms with Crippen molar-refractivity contribution in [2.75, 3.05) is 6.54 Å². The average molecular weight is 234 g/mol. The molecule has 2 N–H and O–H groups in total. The van der Waals surface area contributed by atoms with E-state index in [0.29, 0.717) is 0 Å². The van der Waals surface area contributed by atoms with Crippen LogP contribution in [-0.2, 0) is 4.79 Å². The molecule has 17 heavy (non-hydrogen) atoms. The molecule has 1 unspecified atom stereocenters. The molecule has 0 bridgehead atoms. The zero-order chi connectivity index (χ0) is 12.9. The second kappa shape index (κ2) is 5.82. The Bertz CT molecular complexity index is 354. The molecule has 0 aliphatic rings. The topological polar surface area (TPSA) is 41.1 Å². The highest BCUT2D eigenvalue weighted by atomic mass is 16.1. The maximum absolute atomic E-state index is 11.2. The van der Waals surface area contributed by atoms with Crippen LogP contribution in [0.15, 0.2) is 30.3 Å². The molecule has 0 saturated carbocycles. The van der Waals surface area contributed by atoms with Gasteiger partial charge in [-0.05, 0) is 26.3 Å². The van der Waals surface area contributed by atoms with Crippen LogP contribution >= 0.6 is 0 Å². The van der Waals surface area contributed by atoms with Crippen molar-refractivity contribution >= 4 is 5.91 Å². The molecule has 0 radical (unpaired) electrons. The summed E-state index contributed by atoms with van der Waals surface area (Å²) in [5.41, 5.74) is 1.17. The van der Waals surface area contributed by atoms with Crippen molar-refractivity contribution in [3.05, 3.63) is 35.9 Å². The molecule has 0 fully saturated rings. The Hall–Kier alpha value is -1.35. The number of amides is 1. The van der Waals surface area contributed by atoms with Crippen LogP contribution in [0.3, 0.4) is 0 Å². The van der Waals surface area contributed by atoms with E-state index in [-0.39, 0.29) is 17.5 Å². The first kappa shape index (κ1) is 13.7. The van der Waals surface area contributed by atoms with Crippen LogP contribution in [0, 0.1) is 0 Å². The van der Waals surface area contributed by atoms with Crippen molar-refractivity contribution in [3.63, 3.8) is 0 Å². The first-order valence-corrected chi connectivity index (χ1v) is 5.95. The summed E-state index contributed by atoms with van der Waals surface area (Å²) in [4.78, 5) is 11.2. The Labute approximate surface area is 104 Å². The number of benzene rings is 1. The van der Waals surface area contributed by atoms with Crippen molar-refractivity contribution in [3.8, 4) is 0 Å². The highest BCUT2D eigenvalue weighted by Crippen LogP contribution is 2.12. The maximum atomic E-state index is 11.2. The van der Waals surface area contributed by atoms with Crippen LogP contribution < -0.4 is 10.6 Å². The third kappa shape index (κ3) is 5.50. The van der Waals surface area contributed by atoms with Gasteiger partial charge in [0, 0.05) is 19.0 Å². The van der Waals surface area contributed by atoms with Crippen molar-refractivity contribution in [1.29, 1.82) is 0 Å². The lowest BCUT2D eigenvalue weighted by molar-refractivity contribution is -0.119. The minimum Gasteiger partial charge on any atom is -0.348 e. The maximum Gasteiger partial charge on any atom is 0.217 e. The van der Waals surface area contributed by atoms with Crippen molar-refractivity contribution in [2.24, 2.45) is 0 Å². The lowest BCUT2D eigenvalue weighted by atomic mass is 10.0. The van der Waals surface area contributed by atoms with Crippen LogP contribution in [0.1, 0.15) is 39.3 Å². The van der Waals surface area contributed by atoms with Crippen molar-refractivity contribution in [2.45, 2.75) is 39.3 Å². The first-order valence-electron chi connectivity index (χ1n) is 5.95. The van der Waals surface area contributed by atoms with E-state index in [0.717, 1.165) is 12.1 Å². The van der Waals surface area contributed by atoms with Crippen LogP contribution in [0.2, 0.25) is 0 Å². The Morgan fingerprint density at radius 1 is 1.24 bits per heavy atom. The zero-order valence-corrected chi connectivity index (χ0v) is 11.1. The highest BCUT2D eigenvalue weighted by Gasteiger charge is 2.16. The highest BCUT2D eigenvalue weighted by molar-refractivity contribution is 5.73. The van der Waals surface area contributed by atoms with Gasteiger partial charge in [-0.15, -0.1) is 0 Å². The van der Waals surface area contributed by atoms with Gasteiger partial charge in [0.1, 0.15) is 0 Å². The van der Waals surface area contributed by atoms with E-state index in [9.17, 15) is 4.79 Å². The van der Waals surface area contributed by atoms with Crippen LogP contribution in [0.4, 0.5) is 0 Å². The standard InChI is InChI=1S/C14H22N2O/c1-11(17)16-13(10-15-14(2,3)4)12-8-6-5-7-9-12/h5-9,13,15H,10H2,1-4H3,(H,16,17). The predicted molar refractivity (Wildman–Crippen MR) is 70.8 cm³/mol. The van der Waals surface area contributed by atoms with E-state index < -0.39 is 0 Å². The minimum atomic E-state index is -0.00503. The Kier molecular flexibility index (Phi) is 4.70. The smallest absolute Gasteiger partial charge is 0.217 e. The summed E-state index contributed by atoms with van der Waals surface area (Å²) in [7, 11) is 0. The van der Waals surface area contributed by atoms with Gasteiger partial charge in [0.25, 0.3) is 0 Å². The monoisotopic (exact) mass is 234 g/mol. The van der Waals surface area contributed by atoms with Gasteiger partial charge in [0.2, 0.25) is 5.91 Å². The second-order valence-electron chi connectivity index (χ2n) is 5.29. The molecule has 3 heteroatoms. The molecule has 1 atom stereocenters. The van der Waals surface area contributed by atoms with Gasteiger partial charge >= 0.3 is 0 Å².